The zero-order chi connectivity index (χ0) is 15.4. The molecule has 0 aromatic heterocycles. The van der Waals surface area contributed by atoms with Crippen molar-refractivity contribution in [1.29, 1.82) is 0 Å². The molecule has 4 heteroatoms. The minimum atomic E-state index is 0.378. The van der Waals surface area contributed by atoms with Gasteiger partial charge in [-0.2, -0.15) is 0 Å². The monoisotopic (exact) mass is 292 g/mol. The maximum absolute atomic E-state index is 11.2. The molecule has 0 unspecified atom stereocenters. The number of aldehydes is 1. The van der Waals surface area contributed by atoms with Crippen molar-refractivity contribution in [3.63, 3.8) is 0 Å². The van der Waals surface area contributed by atoms with E-state index in [0.29, 0.717) is 24.5 Å². The minimum Gasteiger partial charge on any atom is -0.791 e. The summed E-state index contributed by atoms with van der Waals surface area (Å²) in [4.78, 5) is 10.2. The first-order valence-corrected chi connectivity index (χ1v) is 7.01. The van der Waals surface area contributed by atoms with Crippen molar-refractivity contribution in [3.05, 3.63) is 71.0 Å². The molecule has 0 N–H and O–H groups in total. The molecule has 22 heavy (non-hydrogen) atoms. The van der Waals surface area contributed by atoms with Crippen molar-refractivity contribution in [2.75, 3.05) is 6.61 Å². The summed E-state index contributed by atoms with van der Waals surface area (Å²) in [7, 11) is 0. The van der Waals surface area contributed by atoms with E-state index in [2.05, 4.69) is 5.16 Å². The molecule has 0 spiro atoms. The molecule has 0 saturated heterocycles. The number of nitrogens with zero attached hydrogens (tertiary/aromatic N) is 1. The molecule has 0 amide bonds. The van der Waals surface area contributed by atoms with Crippen molar-refractivity contribution < 1.29 is 9.53 Å². The van der Waals surface area contributed by atoms with Crippen LogP contribution >= 0.6 is 0 Å². The smallest absolute Gasteiger partial charge is 0.123 e. The quantitative estimate of drug-likeness (QED) is 0.410. The third-order valence-corrected chi connectivity index (χ3v) is 3.55. The average molecular weight is 292 g/mol. The third kappa shape index (κ3) is 2.51. The molecular weight excluding hydrogens is 278 g/mol. The van der Waals surface area contributed by atoms with Gasteiger partial charge in [0.2, 0.25) is 0 Å². The lowest BCUT2D eigenvalue weighted by Gasteiger charge is -2.07. The number of benzene rings is 2. The van der Waals surface area contributed by atoms with Crippen LogP contribution in [0.25, 0.3) is 11.1 Å². The summed E-state index contributed by atoms with van der Waals surface area (Å²) in [5.41, 5.74) is 4.12. The summed E-state index contributed by atoms with van der Waals surface area (Å²) >= 11 is 0. The highest BCUT2D eigenvalue weighted by atomic mass is 16.5. The van der Waals surface area contributed by atoms with Crippen LogP contribution in [-0.4, -0.2) is 18.6 Å². The molecule has 2 aromatic rings. The van der Waals surface area contributed by atoms with Gasteiger partial charge in [-0.25, -0.2) is 0 Å². The second kappa shape index (κ2) is 6.26. The predicted molar refractivity (Wildman–Crippen MR) is 86.2 cm³/mol. The Morgan fingerprint density at radius 1 is 1.00 bits per heavy atom. The number of fused-ring (bicyclic) bond motifs is 3. The largest absolute Gasteiger partial charge is 0.791 e. The molecule has 1 aliphatic carbocycles. The van der Waals surface area contributed by atoms with Gasteiger partial charge in [-0.1, -0.05) is 36.4 Å². The molecule has 1 aliphatic rings. The highest BCUT2D eigenvalue weighted by Gasteiger charge is 2.23. The molecule has 0 bridgehead atoms. The fourth-order valence-corrected chi connectivity index (χ4v) is 2.58. The molecule has 0 fully saturated rings. The van der Waals surface area contributed by atoms with E-state index < -0.39 is 0 Å². The number of carbonyl (C=O) groups is 1. The van der Waals surface area contributed by atoms with Gasteiger partial charge in [0, 0.05) is 17.5 Å². The van der Waals surface area contributed by atoms with Crippen LogP contribution in [0.1, 0.15) is 17.5 Å². The maximum Gasteiger partial charge on any atom is 0.123 e. The second-order valence-electron chi connectivity index (χ2n) is 4.88. The van der Waals surface area contributed by atoms with Gasteiger partial charge in [-0.15, -0.1) is 0 Å². The van der Waals surface area contributed by atoms with Gasteiger partial charge in [0.1, 0.15) is 18.6 Å². The Bertz CT molecular complexity index is 763. The first-order chi connectivity index (χ1) is 10.8. The molecule has 2 aromatic carbocycles. The lowest BCUT2D eigenvalue weighted by molar-refractivity contribution is -0.107. The summed E-state index contributed by atoms with van der Waals surface area (Å²) in [6.45, 7) is 0.378. The average Bonchev–Trinajstić information content (AvgIpc) is 2.87. The van der Waals surface area contributed by atoms with E-state index in [9.17, 15) is 10.0 Å². The highest BCUT2D eigenvalue weighted by molar-refractivity contribution is 6.24. The Hall–Kier alpha value is -2.88. The first kappa shape index (κ1) is 14.1. The third-order valence-electron chi connectivity index (χ3n) is 3.55. The number of carbonyl (C=O) groups excluding carboxylic acids is 1. The fraction of sp³-hybridized carbons (Fsp3) is 0.111. The van der Waals surface area contributed by atoms with E-state index in [0.717, 1.165) is 28.5 Å². The van der Waals surface area contributed by atoms with Gasteiger partial charge >= 0.3 is 0 Å². The van der Waals surface area contributed by atoms with E-state index in [-0.39, 0.29) is 0 Å². The van der Waals surface area contributed by atoms with Gasteiger partial charge in [-0.05, 0) is 29.3 Å². The van der Waals surface area contributed by atoms with Gasteiger partial charge in [0.05, 0.1) is 5.71 Å². The van der Waals surface area contributed by atoms with E-state index in [1.165, 1.54) is 0 Å². The zero-order valence-corrected chi connectivity index (χ0v) is 11.9. The van der Waals surface area contributed by atoms with Crippen molar-refractivity contribution >= 4 is 12.0 Å². The summed E-state index contributed by atoms with van der Waals surface area (Å²) in [6.07, 6.45) is 4.76. The van der Waals surface area contributed by atoms with Gasteiger partial charge in [0.25, 0.3) is 0 Å². The fourth-order valence-electron chi connectivity index (χ4n) is 2.58. The van der Waals surface area contributed by atoms with Crippen molar-refractivity contribution in [1.82, 2.24) is 0 Å². The molecule has 4 nitrogen and oxygen atoms in total. The zero-order valence-electron chi connectivity index (χ0n) is 11.9. The van der Waals surface area contributed by atoms with E-state index >= 15 is 0 Å². The van der Waals surface area contributed by atoms with Crippen LogP contribution in [0.2, 0.25) is 0 Å². The molecule has 110 valence electrons. The topological polar surface area (TPSA) is 61.7 Å². The van der Waals surface area contributed by atoms with Crippen molar-refractivity contribution in [3.8, 4) is 16.9 Å². The molecular formula is C18H14NO3-. The Morgan fingerprint density at radius 2 is 1.77 bits per heavy atom. The number of rotatable bonds is 5. The number of hydrogen-bond acceptors (Lipinski definition) is 4. The van der Waals surface area contributed by atoms with Crippen molar-refractivity contribution in [2.45, 2.75) is 6.42 Å². The van der Waals surface area contributed by atoms with E-state index in [1.54, 1.807) is 12.2 Å². The number of allylic oxidation sites excluding steroid dienone is 1. The van der Waals surface area contributed by atoms with Crippen LogP contribution in [-0.2, 0) is 4.79 Å². The Morgan fingerprint density at radius 3 is 2.55 bits per heavy atom. The lowest BCUT2D eigenvalue weighted by Crippen LogP contribution is -1.99. The molecule has 0 heterocycles. The summed E-state index contributed by atoms with van der Waals surface area (Å²) < 4.78 is 5.61. The molecule has 0 radical (unpaired) electrons. The van der Waals surface area contributed by atoms with Crippen LogP contribution in [0.5, 0.6) is 5.75 Å². The van der Waals surface area contributed by atoms with Crippen LogP contribution in [0.3, 0.4) is 0 Å². The molecule has 0 saturated carbocycles. The normalized spacial score (nSPS) is 14.1. The van der Waals surface area contributed by atoms with Gasteiger partial charge < -0.3 is 19.9 Å². The second-order valence-corrected chi connectivity index (χ2v) is 4.88. The van der Waals surface area contributed by atoms with Gasteiger partial charge in [-0.3, -0.25) is 0 Å². The Kier molecular flexibility index (Phi) is 4.01. The van der Waals surface area contributed by atoms with Crippen LogP contribution in [0, 0.1) is 5.21 Å². The highest BCUT2D eigenvalue weighted by Crippen LogP contribution is 2.38. The van der Waals surface area contributed by atoms with Gasteiger partial charge in [0.15, 0.2) is 0 Å². The van der Waals surface area contributed by atoms with Crippen LogP contribution in [0.15, 0.2) is 59.8 Å². The lowest BCUT2D eigenvalue weighted by atomic mass is 10.1. The van der Waals surface area contributed by atoms with E-state index in [4.69, 9.17) is 4.74 Å². The Labute approximate surface area is 128 Å². The SMILES string of the molecule is O=CC/C=C/COc1ccc2c(c1)/C(=N\[O-])c1ccccc1-2. The minimum absolute atomic E-state index is 0.378. The Balaban J connectivity index is 1.86. The maximum atomic E-state index is 11.2. The first-order valence-electron chi connectivity index (χ1n) is 7.01. The summed E-state index contributed by atoms with van der Waals surface area (Å²) in [5.74, 6) is 0.670. The number of hydrogen-bond donors (Lipinski definition) is 0. The molecule has 0 aliphatic heterocycles. The molecule has 3 rings (SSSR count). The summed E-state index contributed by atoms with van der Waals surface area (Å²) in [6, 6.07) is 13.4. The van der Waals surface area contributed by atoms with Crippen LogP contribution in [0.4, 0.5) is 0 Å². The summed E-state index contributed by atoms with van der Waals surface area (Å²) in [5, 5.41) is 14.4. The standard InChI is InChI=1S/C18H15NO3/c20-10-4-1-5-11-22-13-8-9-15-14-6-2-3-7-16(14)18(19-21)17(15)12-13/h1-3,5-10,12,21H,4,11H2/p-1/b5-1+,19-18-. The van der Waals surface area contributed by atoms with E-state index in [1.807, 2.05) is 42.5 Å². The molecule has 0 atom stereocenters. The van der Waals surface area contributed by atoms with Crippen LogP contribution < -0.4 is 4.74 Å². The van der Waals surface area contributed by atoms with Crippen molar-refractivity contribution in [2.24, 2.45) is 5.16 Å². The number of ether oxygens (including phenoxy) is 1. The predicted octanol–water partition coefficient (Wildman–Crippen LogP) is 3.53.